The molecular weight excluding hydrogens is 432 g/mol. The number of carbonyl (C=O) groups is 3. The molecule has 8 heteroatoms. The number of aryl methyl sites for hydroxylation is 1. The molecule has 4 rings (SSSR count). The van der Waals surface area contributed by atoms with E-state index >= 15 is 0 Å². The van der Waals surface area contributed by atoms with Gasteiger partial charge in [0.15, 0.2) is 0 Å². The van der Waals surface area contributed by atoms with Crippen LogP contribution in [0.4, 0.5) is 0 Å². The molecule has 3 N–H and O–H groups in total. The van der Waals surface area contributed by atoms with E-state index in [2.05, 4.69) is 27.5 Å². The Kier molecular flexibility index (Phi) is 7.67. The van der Waals surface area contributed by atoms with Crippen LogP contribution in [0.1, 0.15) is 50.1 Å². The topological polar surface area (TPSA) is 105 Å². The lowest BCUT2D eigenvalue weighted by molar-refractivity contribution is -0.141. The third kappa shape index (κ3) is 5.68. The summed E-state index contributed by atoms with van der Waals surface area (Å²) in [6.07, 6.45) is 10.7. The van der Waals surface area contributed by atoms with Gasteiger partial charge in [0, 0.05) is 49.0 Å². The fourth-order valence-electron chi connectivity index (χ4n) is 4.69. The van der Waals surface area contributed by atoms with E-state index in [1.165, 1.54) is 0 Å². The molecule has 2 amide bonds. The molecule has 1 aromatic carbocycles. The minimum atomic E-state index is -1.08. The van der Waals surface area contributed by atoms with Gasteiger partial charge in [0.05, 0.1) is 6.42 Å². The Morgan fingerprint density at radius 1 is 1.06 bits per heavy atom. The van der Waals surface area contributed by atoms with Crippen molar-refractivity contribution in [2.45, 2.75) is 63.6 Å². The highest BCUT2D eigenvalue weighted by Crippen LogP contribution is 2.24. The highest BCUT2D eigenvalue weighted by Gasteiger charge is 2.29. The van der Waals surface area contributed by atoms with Crippen LogP contribution in [0.2, 0.25) is 0 Å². The summed E-state index contributed by atoms with van der Waals surface area (Å²) in [6.45, 7) is 1.47. The first-order valence-electron chi connectivity index (χ1n) is 12.0. The van der Waals surface area contributed by atoms with Gasteiger partial charge in [-0.05, 0) is 36.6 Å². The first kappa shape index (κ1) is 23.6. The first-order valence-corrected chi connectivity index (χ1v) is 12.0. The van der Waals surface area contributed by atoms with Crippen LogP contribution in [0, 0.1) is 0 Å². The summed E-state index contributed by atoms with van der Waals surface area (Å²) in [6, 6.07) is 9.86. The first-order chi connectivity index (χ1) is 16.5. The summed E-state index contributed by atoms with van der Waals surface area (Å²) < 4.78 is 3.80. The lowest BCUT2D eigenvalue weighted by Crippen LogP contribution is -2.50. The third-order valence-corrected chi connectivity index (χ3v) is 6.46. The Morgan fingerprint density at radius 2 is 1.79 bits per heavy atom. The maximum atomic E-state index is 13.2. The standard InChI is InChI=1S/C26H32N4O4/c31-24(32)17-23(29-13-8-9-14-29)26(34)28-21-16-19-18-30(22-11-5-4-10-20(19)22)15-7-3-1-2-6-12-27-25(21)33/h4-5,8-11,13-14,18,21,23H,1-3,6-7,12,15-17H2,(H,27,33)(H,28,34)(H,31,32)/t21-,23+/m0/s1. The van der Waals surface area contributed by atoms with Crippen molar-refractivity contribution in [2.75, 3.05) is 6.54 Å². The Labute approximate surface area is 198 Å². The summed E-state index contributed by atoms with van der Waals surface area (Å²) in [7, 11) is 0. The Morgan fingerprint density at radius 3 is 2.59 bits per heavy atom. The minimum Gasteiger partial charge on any atom is -0.481 e. The van der Waals surface area contributed by atoms with E-state index in [1.54, 1.807) is 29.1 Å². The van der Waals surface area contributed by atoms with Gasteiger partial charge in [0.2, 0.25) is 11.8 Å². The number of nitrogens with one attached hydrogen (secondary N) is 2. The number of nitrogens with zero attached hydrogens (tertiary/aromatic N) is 2. The second-order valence-corrected chi connectivity index (χ2v) is 8.93. The predicted molar refractivity (Wildman–Crippen MR) is 129 cm³/mol. The number of para-hydroxylation sites is 1. The molecule has 2 bridgehead atoms. The highest BCUT2D eigenvalue weighted by molar-refractivity contribution is 5.92. The summed E-state index contributed by atoms with van der Waals surface area (Å²) in [5.74, 6) is -1.81. The molecule has 1 aliphatic heterocycles. The average Bonchev–Trinajstić information content (AvgIpc) is 3.47. The molecule has 3 heterocycles. The number of hydrogen-bond acceptors (Lipinski definition) is 3. The van der Waals surface area contributed by atoms with E-state index < -0.39 is 24.0 Å². The third-order valence-electron chi connectivity index (χ3n) is 6.46. The van der Waals surface area contributed by atoms with Crippen molar-refractivity contribution in [1.82, 2.24) is 19.8 Å². The summed E-state index contributed by atoms with van der Waals surface area (Å²) in [5.41, 5.74) is 2.11. The number of rotatable bonds is 5. The molecule has 0 saturated heterocycles. The number of amides is 2. The predicted octanol–water partition coefficient (Wildman–Crippen LogP) is 3.27. The Hall–Kier alpha value is -3.55. The largest absolute Gasteiger partial charge is 0.481 e. The fraction of sp³-hybridized carbons (Fsp3) is 0.423. The second kappa shape index (κ2) is 11.0. The molecule has 0 aliphatic carbocycles. The molecule has 2 atom stereocenters. The zero-order valence-electron chi connectivity index (χ0n) is 19.3. The molecule has 1 aliphatic rings. The van der Waals surface area contributed by atoms with Crippen molar-refractivity contribution in [3.8, 4) is 0 Å². The summed E-state index contributed by atoms with van der Waals surface area (Å²) in [5, 5.41) is 16.3. The lowest BCUT2D eigenvalue weighted by atomic mass is 10.0. The van der Waals surface area contributed by atoms with Crippen LogP contribution in [0.3, 0.4) is 0 Å². The number of benzene rings is 1. The van der Waals surface area contributed by atoms with E-state index in [0.29, 0.717) is 13.0 Å². The van der Waals surface area contributed by atoms with E-state index in [1.807, 2.05) is 18.2 Å². The summed E-state index contributed by atoms with van der Waals surface area (Å²) in [4.78, 5) is 37.8. The van der Waals surface area contributed by atoms with Gasteiger partial charge in [0.25, 0.3) is 0 Å². The van der Waals surface area contributed by atoms with Crippen LogP contribution < -0.4 is 10.6 Å². The molecule has 0 saturated carbocycles. The van der Waals surface area contributed by atoms with Gasteiger partial charge in [-0.25, -0.2) is 0 Å². The van der Waals surface area contributed by atoms with Gasteiger partial charge in [-0.1, -0.05) is 37.5 Å². The zero-order chi connectivity index (χ0) is 23.9. The van der Waals surface area contributed by atoms with E-state index in [0.717, 1.165) is 55.1 Å². The number of hydrogen-bond donors (Lipinski definition) is 3. The SMILES string of the molecule is O=C(O)C[C@H](C(=O)N[C@H]1Cc2cn(c3ccccc23)CCCCCCCNC1=O)n1cccc1. The normalized spacial score (nSPS) is 18.6. The number of aliphatic carboxylic acids is 1. The number of fused-ring (bicyclic) bond motifs is 5. The van der Waals surface area contributed by atoms with Crippen molar-refractivity contribution in [3.63, 3.8) is 0 Å². The number of carboxylic acids is 1. The Bertz CT molecular complexity index is 1140. The lowest BCUT2D eigenvalue weighted by Gasteiger charge is -2.23. The molecule has 0 fully saturated rings. The highest BCUT2D eigenvalue weighted by atomic mass is 16.4. The van der Waals surface area contributed by atoms with Crippen molar-refractivity contribution in [3.05, 3.63) is 60.6 Å². The fourth-order valence-corrected chi connectivity index (χ4v) is 4.69. The van der Waals surface area contributed by atoms with Crippen molar-refractivity contribution in [1.29, 1.82) is 0 Å². The minimum absolute atomic E-state index is 0.246. The van der Waals surface area contributed by atoms with Crippen molar-refractivity contribution >= 4 is 28.7 Å². The molecule has 0 radical (unpaired) electrons. The van der Waals surface area contributed by atoms with Crippen LogP contribution in [-0.4, -0.2) is 44.6 Å². The van der Waals surface area contributed by atoms with Gasteiger partial charge >= 0.3 is 5.97 Å². The molecule has 8 nitrogen and oxygen atoms in total. The van der Waals surface area contributed by atoms with Gasteiger partial charge in [-0.15, -0.1) is 0 Å². The molecule has 0 unspecified atom stereocenters. The van der Waals surface area contributed by atoms with E-state index in [9.17, 15) is 19.5 Å². The molecule has 2 aromatic heterocycles. The number of carbonyl (C=O) groups excluding carboxylic acids is 2. The van der Waals surface area contributed by atoms with E-state index in [-0.39, 0.29) is 12.3 Å². The van der Waals surface area contributed by atoms with Gasteiger partial charge < -0.3 is 24.9 Å². The number of carboxylic acid groups (broad SMARTS) is 1. The molecule has 34 heavy (non-hydrogen) atoms. The van der Waals surface area contributed by atoms with Crippen LogP contribution in [0.5, 0.6) is 0 Å². The molecule has 0 spiro atoms. The molecule has 3 aromatic rings. The number of aromatic nitrogens is 2. The maximum Gasteiger partial charge on any atom is 0.306 e. The average molecular weight is 465 g/mol. The van der Waals surface area contributed by atoms with Crippen molar-refractivity contribution < 1.29 is 19.5 Å². The molecule has 180 valence electrons. The smallest absolute Gasteiger partial charge is 0.306 e. The van der Waals surface area contributed by atoms with Crippen LogP contribution in [0.25, 0.3) is 10.9 Å². The zero-order valence-corrected chi connectivity index (χ0v) is 19.3. The van der Waals surface area contributed by atoms with Crippen LogP contribution in [0.15, 0.2) is 55.0 Å². The quantitative estimate of drug-likeness (QED) is 0.539. The van der Waals surface area contributed by atoms with Crippen LogP contribution in [-0.2, 0) is 27.3 Å². The van der Waals surface area contributed by atoms with Crippen LogP contribution >= 0.6 is 0 Å². The van der Waals surface area contributed by atoms with Gasteiger partial charge in [-0.3, -0.25) is 14.4 Å². The Balaban J connectivity index is 1.63. The van der Waals surface area contributed by atoms with Gasteiger partial charge in [-0.2, -0.15) is 0 Å². The molecular formula is C26H32N4O4. The second-order valence-electron chi connectivity index (χ2n) is 8.93. The maximum absolute atomic E-state index is 13.2. The summed E-state index contributed by atoms with van der Waals surface area (Å²) >= 11 is 0. The van der Waals surface area contributed by atoms with Gasteiger partial charge in [0.1, 0.15) is 12.1 Å². The monoisotopic (exact) mass is 464 g/mol. The van der Waals surface area contributed by atoms with Crippen molar-refractivity contribution in [2.24, 2.45) is 0 Å². The van der Waals surface area contributed by atoms with E-state index in [4.69, 9.17) is 0 Å².